The van der Waals surface area contributed by atoms with Gasteiger partial charge < -0.3 is 9.88 Å². The van der Waals surface area contributed by atoms with E-state index in [1.165, 1.54) is 25.9 Å². The highest BCUT2D eigenvalue weighted by Crippen LogP contribution is 2.05. The number of aliphatic imine (C=N–C) groups is 1. The standard InChI is InChI=1S/C11H17N3/c1-2-8-14(7-1)9-6-12-10-11-4-3-5-13-11/h3-5,10,13H,1-2,6-9H2/b12-10+. The minimum atomic E-state index is 0.916. The molecule has 76 valence electrons. The van der Waals surface area contributed by atoms with Crippen LogP contribution in [-0.2, 0) is 0 Å². The third-order valence-electron chi connectivity index (χ3n) is 2.60. The fourth-order valence-electron chi connectivity index (χ4n) is 1.79. The van der Waals surface area contributed by atoms with Crippen molar-refractivity contribution < 1.29 is 0 Å². The zero-order valence-electron chi connectivity index (χ0n) is 8.45. The van der Waals surface area contributed by atoms with E-state index in [-0.39, 0.29) is 0 Å². The summed E-state index contributed by atoms with van der Waals surface area (Å²) in [6, 6.07) is 4.02. The van der Waals surface area contributed by atoms with Crippen molar-refractivity contribution in [1.29, 1.82) is 0 Å². The Labute approximate surface area is 84.8 Å². The lowest BCUT2D eigenvalue weighted by atomic mass is 10.4. The largest absolute Gasteiger partial charge is 0.360 e. The van der Waals surface area contributed by atoms with Crippen LogP contribution in [0.3, 0.4) is 0 Å². The molecule has 0 atom stereocenters. The second-order valence-electron chi connectivity index (χ2n) is 3.71. The summed E-state index contributed by atoms with van der Waals surface area (Å²) < 4.78 is 0. The van der Waals surface area contributed by atoms with Gasteiger partial charge in [0.25, 0.3) is 0 Å². The molecule has 0 amide bonds. The summed E-state index contributed by atoms with van der Waals surface area (Å²) in [5.74, 6) is 0. The van der Waals surface area contributed by atoms with Crippen LogP contribution in [0.2, 0.25) is 0 Å². The SMILES string of the molecule is C(=N\CCN1CCCC1)/c1ccc[nH]1. The minimum Gasteiger partial charge on any atom is -0.360 e. The van der Waals surface area contributed by atoms with Crippen LogP contribution in [-0.4, -0.2) is 42.3 Å². The number of H-pyrrole nitrogens is 1. The van der Waals surface area contributed by atoms with Crippen LogP contribution in [0, 0.1) is 0 Å². The molecule has 0 radical (unpaired) electrons. The molecule has 0 spiro atoms. The fourth-order valence-corrected chi connectivity index (χ4v) is 1.79. The first-order chi connectivity index (χ1) is 6.95. The van der Waals surface area contributed by atoms with Gasteiger partial charge in [-0.1, -0.05) is 0 Å². The topological polar surface area (TPSA) is 31.4 Å². The molecule has 1 fully saturated rings. The second-order valence-corrected chi connectivity index (χ2v) is 3.71. The zero-order valence-corrected chi connectivity index (χ0v) is 8.45. The molecule has 2 heterocycles. The summed E-state index contributed by atoms with van der Waals surface area (Å²) >= 11 is 0. The molecule has 14 heavy (non-hydrogen) atoms. The molecule has 0 aromatic carbocycles. The van der Waals surface area contributed by atoms with Crippen LogP contribution >= 0.6 is 0 Å². The number of nitrogens with one attached hydrogen (secondary N) is 1. The third kappa shape index (κ3) is 2.70. The maximum atomic E-state index is 4.38. The quantitative estimate of drug-likeness (QED) is 0.719. The van der Waals surface area contributed by atoms with E-state index in [0.717, 1.165) is 18.8 Å². The van der Waals surface area contributed by atoms with Crippen molar-refractivity contribution in [3.8, 4) is 0 Å². The van der Waals surface area contributed by atoms with Crippen LogP contribution < -0.4 is 0 Å². The lowest BCUT2D eigenvalue weighted by Crippen LogP contribution is -2.22. The van der Waals surface area contributed by atoms with Crippen molar-refractivity contribution in [3.63, 3.8) is 0 Å². The Morgan fingerprint density at radius 1 is 1.43 bits per heavy atom. The molecule has 3 heteroatoms. The van der Waals surface area contributed by atoms with Crippen molar-refractivity contribution in [1.82, 2.24) is 9.88 Å². The average Bonchev–Trinajstić information content (AvgIpc) is 2.86. The molecule has 1 aromatic rings. The lowest BCUT2D eigenvalue weighted by molar-refractivity contribution is 0.349. The number of hydrogen-bond acceptors (Lipinski definition) is 2. The number of nitrogens with zero attached hydrogens (tertiary/aromatic N) is 2. The summed E-state index contributed by atoms with van der Waals surface area (Å²) in [6.45, 7) is 4.55. The van der Waals surface area contributed by atoms with Crippen molar-refractivity contribution in [2.45, 2.75) is 12.8 Å². The molecule has 0 aliphatic carbocycles. The number of hydrogen-bond donors (Lipinski definition) is 1. The van der Waals surface area contributed by atoms with E-state index < -0.39 is 0 Å². The lowest BCUT2D eigenvalue weighted by Gasteiger charge is -2.11. The van der Waals surface area contributed by atoms with Gasteiger partial charge in [-0.25, -0.2) is 0 Å². The molecule has 0 saturated carbocycles. The maximum absolute atomic E-state index is 4.38. The van der Waals surface area contributed by atoms with Gasteiger partial charge in [-0.2, -0.15) is 0 Å². The Morgan fingerprint density at radius 3 is 3.00 bits per heavy atom. The molecule has 3 nitrogen and oxygen atoms in total. The Morgan fingerprint density at radius 2 is 2.29 bits per heavy atom. The van der Waals surface area contributed by atoms with Crippen LogP contribution in [0.5, 0.6) is 0 Å². The van der Waals surface area contributed by atoms with Gasteiger partial charge >= 0.3 is 0 Å². The van der Waals surface area contributed by atoms with E-state index in [4.69, 9.17) is 0 Å². The van der Waals surface area contributed by atoms with Gasteiger partial charge in [0.15, 0.2) is 0 Å². The van der Waals surface area contributed by atoms with Gasteiger partial charge in [0.1, 0.15) is 0 Å². The van der Waals surface area contributed by atoms with Crippen molar-refractivity contribution in [2.24, 2.45) is 4.99 Å². The van der Waals surface area contributed by atoms with E-state index in [2.05, 4.69) is 14.9 Å². The summed E-state index contributed by atoms with van der Waals surface area (Å²) in [7, 11) is 0. The van der Waals surface area contributed by atoms with Gasteiger partial charge in [-0.3, -0.25) is 4.99 Å². The molecule has 0 bridgehead atoms. The molecule has 0 unspecified atom stereocenters. The first-order valence-corrected chi connectivity index (χ1v) is 5.31. The highest BCUT2D eigenvalue weighted by atomic mass is 15.1. The molecule has 1 aromatic heterocycles. The van der Waals surface area contributed by atoms with Gasteiger partial charge in [0.05, 0.1) is 12.2 Å². The highest BCUT2D eigenvalue weighted by molar-refractivity contribution is 5.76. The van der Waals surface area contributed by atoms with Crippen LogP contribution in [0.1, 0.15) is 18.5 Å². The molecular weight excluding hydrogens is 174 g/mol. The smallest absolute Gasteiger partial charge is 0.0561 e. The van der Waals surface area contributed by atoms with Gasteiger partial charge in [-0.05, 0) is 38.1 Å². The predicted octanol–water partition coefficient (Wildman–Crippen LogP) is 1.53. The molecule has 1 N–H and O–H groups in total. The summed E-state index contributed by atoms with van der Waals surface area (Å²) in [6.07, 6.45) is 6.55. The highest BCUT2D eigenvalue weighted by Gasteiger charge is 2.09. The van der Waals surface area contributed by atoms with E-state index in [0.29, 0.717) is 0 Å². The second kappa shape index (κ2) is 4.96. The molecule has 2 rings (SSSR count). The number of aromatic nitrogens is 1. The Kier molecular flexibility index (Phi) is 3.35. The molecule has 1 aliphatic heterocycles. The average molecular weight is 191 g/mol. The van der Waals surface area contributed by atoms with E-state index in [1.54, 1.807) is 0 Å². The number of rotatable bonds is 4. The zero-order chi connectivity index (χ0) is 9.64. The first-order valence-electron chi connectivity index (χ1n) is 5.31. The molecule has 1 saturated heterocycles. The van der Waals surface area contributed by atoms with Gasteiger partial charge in [0, 0.05) is 19.0 Å². The monoisotopic (exact) mass is 191 g/mol. The van der Waals surface area contributed by atoms with Crippen LogP contribution in [0.25, 0.3) is 0 Å². The summed E-state index contributed by atoms with van der Waals surface area (Å²) in [5.41, 5.74) is 1.09. The third-order valence-corrected chi connectivity index (χ3v) is 2.60. The Balaban J connectivity index is 1.67. The van der Waals surface area contributed by atoms with E-state index >= 15 is 0 Å². The Hall–Kier alpha value is -1.09. The van der Waals surface area contributed by atoms with Gasteiger partial charge in [0.2, 0.25) is 0 Å². The van der Waals surface area contributed by atoms with Crippen LogP contribution in [0.15, 0.2) is 23.3 Å². The van der Waals surface area contributed by atoms with Gasteiger partial charge in [-0.15, -0.1) is 0 Å². The van der Waals surface area contributed by atoms with Crippen LogP contribution in [0.4, 0.5) is 0 Å². The van der Waals surface area contributed by atoms with Crippen molar-refractivity contribution >= 4 is 6.21 Å². The van der Waals surface area contributed by atoms with E-state index in [1.807, 2.05) is 24.5 Å². The molecular formula is C11H17N3. The number of likely N-dealkylation sites (tertiary alicyclic amines) is 1. The maximum Gasteiger partial charge on any atom is 0.0561 e. The predicted molar refractivity (Wildman–Crippen MR) is 58.9 cm³/mol. The normalized spacial score (nSPS) is 18.3. The fraction of sp³-hybridized carbons (Fsp3) is 0.545. The Bertz CT molecular complexity index is 271. The number of aromatic amines is 1. The minimum absolute atomic E-state index is 0.916. The molecule has 1 aliphatic rings. The summed E-state index contributed by atoms with van der Waals surface area (Å²) in [4.78, 5) is 9.96. The van der Waals surface area contributed by atoms with E-state index in [9.17, 15) is 0 Å². The first kappa shape index (κ1) is 9.46. The van der Waals surface area contributed by atoms with Crippen molar-refractivity contribution in [3.05, 3.63) is 24.0 Å². The summed E-state index contributed by atoms with van der Waals surface area (Å²) in [5, 5.41) is 0. The van der Waals surface area contributed by atoms with Crippen molar-refractivity contribution in [2.75, 3.05) is 26.2 Å².